The zero-order chi connectivity index (χ0) is 13.0. The Morgan fingerprint density at radius 3 is 2.56 bits per heavy atom. The van der Waals surface area contributed by atoms with Gasteiger partial charge in [-0.1, -0.05) is 11.6 Å². The molecule has 3 nitrogen and oxygen atoms in total. The van der Waals surface area contributed by atoms with Crippen LogP contribution in [0.2, 0.25) is 0 Å². The number of hydrogen-bond acceptors (Lipinski definition) is 3. The predicted octanol–water partition coefficient (Wildman–Crippen LogP) is 3.44. The van der Waals surface area contributed by atoms with E-state index in [1.165, 1.54) is 25.5 Å². The van der Waals surface area contributed by atoms with Crippen LogP contribution in [-0.2, 0) is 4.74 Å². The van der Waals surface area contributed by atoms with E-state index >= 15 is 0 Å². The van der Waals surface area contributed by atoms with Crippen molar-refractivity contribution in [2.75, 3.05) is 14.2 Å². The predicted molar refractivity (Wildman–Crippen MR) is 70.8 cm³/mol. The summed E-state index contributed by atoms with van der Waals surface area (Å²) in [5.74, 6) is 0.478. The fourth-order valence-electron chi connectivity index (χ4n) is 2.29. The monoisotopic (exact) mass is 246 g/mol. The Labute approximate surface area is 107 Å². The lowest BCUT2D eigenvalue weighted by molar-refractivity contribution is 0.0600. The minimum absolute atomic E-state index is 0.316. The Bertz CT molecular complexity index is 467. The first kappa shape index (κ1) is 12.7. The average molecular weight is 246 g/mol. The number of methoxy groups -OCH3 is 2. The van der Waals surface area contributed by atoms with Gasteiger partial charge < -0.3 is 9.47 Å². The van der Waals surface area contributed by atoms with Crippen LogP contribution in [0.4, 0.5) is 0 Å². The molecule has 0 aromatic heterocycles. The Morgan fingerprint density at radius 1 is 1.22 bits per heavy atom. The zero-order valence-corrected chi connectivity index (χ0v) is 10.9. The molecule has 2 rings (SSSR count). The van der Waals surface area contributed by atoms with Gasteiger partial charge in [0.1, 0.15) is 5.75 Å². The Kier molecular flexibility index (Phi) is 4.03. The van der Waals surface area contributed by atoms with Crippen LogP contribution in [0.25, 0.3) is 6.08 Å². The number of carbonyl (C=O) groups is 1. The smallest absolute Gasteiger partial charge is 0.337 e. The van der Waals surface area contributed by atoms with Gasteiger partial charge in [0, 0.05) is 5.56 Å². The normalized spacial score (nSPS) is 14.4. The molecule has 0 bridgehead atoms. The highest BCUT2D eigenvalue weighted by molar-refractivity contribution is 5.90. The van der Waals surface area contributed by atoms with Gasteiger partial charge in [-0.05, 0) is 43.9 Å². The maximum atomic E-state index is 11.5. The van der Waals surface area contributed by atoms with Crippen molar-refractivity contribution >= 4 is 12.0 Å². The summed E-state index contributed by atoms with van der Waals surface area (Å²) in [6.45, 7) is 0. The van der Waals surface area contributed by atoms with E-state index in [1.807, 2.05) is 12.1 Å². The highest BCUT2D eigenvalue weighted by Gasteiger charge is 2.11. The standard InChI is InChI=1S/C15H18O3/c1-17-14-8-7-12(15(16)18-2)10-13(14)9-11-5-3-4-6-11/h7-10H,3-6H2,1-2H3. The Hall–Kier alpha value is -1.77. The number of ether oxygens (including phenoxy) is 2. The molecule has 0 amide bonds. The summed E-state index contributed by atoms with van der Waals surface area (Å²) in [6.07, 6.45) is 6.94. The topological polar surface area (TPSA) is 35.5 Å². The van der Waals surface area contributed by atoms with E-state index in [-0.39, 0.29) is 5.97 Å². The third-order valence-electron chi connectivity index (χ3n) is 3.26. The van der Waals surface area contributed by atoms with E-state index in [1.54, 1.807) is 13.2 Å². The van der Waals surface area contributed by atoms with Crippen molar-refractivity contribution in [3.05, 3.63) is 34.9 Å². The van der Waals surface area contributed by atoms with E-state index in [9.17, 15) is 4.79 Å². The molecule has 1 aromatic carbocycles. The highest BCUT2D eigenvalue weighted by Crippen LogP contribution is 2.29. The molecule has 1 aliphatic rings. The molecule has 1 fully saturated rings. The average Bonchev–Trinajstić information content (AvgIpc) is 2.90. The molecular weight excluding hydrogens is 228 g/mol. The van der Waals surface area contributed by atoms with Crippen molar-refractivity contribution in [2.45, 2.75) is 25.7 Å². The number of benzene rings is 1. The van der Waals surface area contributed by atoms with Crippen molar-refractivity contribution in [2.24, 2.45) is 0 Å². The third-order valence-corrected chi connectivity index (χ3v) is 3.26. The molecule has 1 aromatic rings. The van der Waals surface area contributed by atoms with Gasteiger partial charge in [-0.3, -0.25) is 0 Å². The van der Waals surface area contributed by atoms with Crippen molar-refractivity contribution in [3.63, 3.8) is 0 Å². The summed E-state index contributed by atoms with van der Waals surface area (Å²) in [4.78, 5) is 11.5. The van der Waals surface area contributed by atoms with Crippen LogP contribution in [-0.4, -0.2) is 20.2 Å². The molecule has 3 heteroatoms. The summed E-state index contributed by atoms with van der Waals surface area (Å²) in [5, 5.41) is 0. The maximum Gasteiger partial charge on any atom is 0.337 e. The minimum Gasteiger partial charge on any atom is -0.496 e. The molecule has 0 unspecified atom stereocenters. The zero-order valence-electron chi connectivity index (χ0n) is 10.9. The minimum atomic E-state index is -0.316. The van der Waals surface area contributed by atoms with Gasteiger partial charge in [0.25, 0.3) is 0 Å². The molecule has 1 aliphatic carbocycles. The molecule has 0 atom stereocenters. The van der Waals surface area contributed by atoms with Gasteiger partial charge in [-0.15, -0.1) is 0 Å². The second-order valence-electron chi connectivity index (χ2n) is 4.46. The first-order chi connectivity index (χ1) is 8.74. The van der Waals surface area contributed by atoms with Gasteiger partial charge >= 0.3 is 5.97 Å². The van der Waals surface area contributed by atoms with E-state index in [4.69, 9.17) is 9.47 Å². The molecule has 0 heterocycles. The van der Waals surface area contributed by atoms with Crippen LogP contribution in [0.15, 0.2) is 23.8 Å². The van der Waals surface area contributed by atoms with Gasteiger partial charge in [0.15, 0.2) is 0 Å². The number of esters is 1. The van der Waals surface area contributed by atoms with Gasteiger partial charge in [-0.2, -0.15) is 0 Å². The Balaban J connectivity index is 2.36. The number of allylic oxidation sites excluding steroid dienone is 1. The summed E-state index contributed by atoms with van der Waals surface area (Å²) < 4.78 is 10.1. The van der Waals surface area contributed by atoms with Gasteiger partial charge in [-0.25, -0.2) is 4.79 Å². The second kappa shape index (κ2) is 5.71. The van der Waals surface area contributed by atoms with Crippen molar-refractivity contribution in [1.29, 1.82) is 0 Å². The van der Waals surface area contributed by atoms with Crippen LogP contribution in [0.1, 0.15) is 41.6 Å². The summed E-state index contributed by atoms with van der Waals surface area (Å²) in [6, 6.07) is 5.37. The Morgan fingerprint density at radius 2 is 1.94 bits per heavy atom. The third kappa shape index (κ3) is 2.73. The summed E-state index contributed by atoms with van der Waals surface area (Å²) >= 11 is 0. The van der Waals surface area contributed by atoms with Gasteiger partial charge in [0.05, 0.1) is 19.8 Å². The quantitative estimate of drug-likeness (QED) is 0.766. The van der Waals surface area contributed by atoms with E-state index in [2.05, 4.69) is 6.08 Å². The van der Waals surface area contributed by atoms with E-state index in [0.717, 1.165) is 24.2 Å². The summed E-state index contributed by atoms with van der Waals surface area (Å²) in [7, 11) is 3.03. The number of hydrogen-bond donors (Lipinski definition) is 0. The number of rotatable bonds is 3. The molecule has 0 spiro atoms. The van der Waals surface area contributed by atoms with E-state index < -0.39 is 0 Å². The lowest BCUT2D eigenvalue weighted by Gasteiger charge is -2.08. The lowest BCUT2D eigenvalue weighted by Crippen LogP contribution is -2.02. The van der Waals surface area contributed by atoms with Crippen LogP contribution in [0, 0.1) is 0 Å². The van der Waals surface area contributed by atoms with E-state index in [0.29, 0.717) is 5.56 Å². The first-order valence-corrected chi connectivity index (χ1v) is 6.20. The SMILES string of the molecule is COC(=O)c1ccc(OC)c(C=C2CCCC2)c1. The first-order valence-electron chi connectivity index (χ1n) is 6.20. The van der Waals surface area contributed by atoms with Crippen LogP contribution < -0.4 is 4.74 Å². The van der Waals surface area contributed by atoms with Crippen molar-refractivity contribution in [3.8, 4) is 5.75 Å². The molecule has 0 aliphatic heterocycles. The van der Waals surface area contributed by atoms with Gasteiger partial charge in [0.2, 0.25) is 0 Å². The van der Waals surface area contributed by atoms with Crippen molar-refractivity contribution in [1.82, 2.24) is 0 Å². The number of carbonyl (C=O) groups excluding carboxylic acids is 1. The molecule has 0 radical (unpaired) electrons. The maximum absolute atomic E-state index is 11.5. The van der Waals surface area contributed by atoms with Crippen molar-refractivity contribution < 1.29 is 14.3 Å². The lowest BCUT2D eigenvalue weighted by atomic mass is 10.1. The molecule has 18 heavy (non-hydrogen) atoms. The molecule has 0 saturated heterocycles. The summed E-state index contributed by atoms with van der Waals surface area (Å²) in [5.41, 5.74) is 2.94. The molecule has 96 valence electrons. The molecular formula is C15H18O3. The fraction of sp³-hybridized carbons (Fsp3) is 0.400. The largest absolute Gasteiger partial charge is 0.496 e. The fourth-order valence-corrected chi connectivity index (χ4v) is 2.29. The highest BCUT2D eigenvalue weighted by atomic mass is 16.5. The van der Waals surface area contributed by atoms with Crippen LogP contribution >= 0.6 is 0 Å². The van der Waals surface area contributed by atoms with Crippen LogP contribution in [0.5, 0.6) is 5.75 Å². The molecule has 0 N–H and O–H groups in total. The van der Waals surface area contributed by atoms with Crippen LogP contribution in [0.3, 0.4) is 0 Å². The molecule has 1 saturated carbocycles. The second-order valence-corrected chi connectivity index (χ2v) is 4.46.